The number of nitrogens with two attached hydrogens (primary N) is 1. The average molecular weight is 315 g/mol. The first kappa shape index (κ1) is 14.6. The predicted molar refractivity (Wildman–Crippen MR) is 104 cm³/mol. The van der Waals surface area contributed by atoms with Crippen LogP contribution in [-0.4, -0.2) is 10.6 Å². The molecule has 0 bridgehead atoms. The zero-order valence-electron chi connectivity index (χ0n) is 14.0. The minimum Gasteiger partial charge on any atom is -0.395 e. The lowest BCUT2D eigenvalue weighted by molar-refractivity contribution is 0.900. The first-order valence-corrected chi connectivity index (χ1v) is 8.30. The van der Waals surface area contributed by atoms with Crippen LogP contribution in [0.1, 0.15) is 13.8 Å². The summed E-state index contributed by atoms with van der Waals surface area (Å²) in [4.78, 5) is 0. The predicted octanol–water partition coefficient (Wildman–Crippen LogP) is 5.19. The van der Waals surface area contributed by atoms with Crippen molar-refractivity contribution in [3.05, 3.63) is 66.7 Å². The molecule has 24 heavy (non-hydrogen) atoms. The van der Waals surface area contributed by atoms with Crippen LogP contribution < -0.4 is 11.1 Å². The van der Waals surface area contributed by atoms with Gasteiger partial charge in [0.15, 0.2) is 0 Å². The third-order valence-electron chi connectivity index (χ3n) is 4.35. The van der Waals surface area contributed by atoms with E-state index in [1.807, 2.05) is 6.07 Å². The van der Waals surface area contributed by atoms with Crippen molar-refractivity contribution in [2.75, 3.05) is 11.1 Å². The molecule has 0 unspecified atom stereocenters. The lowest BCUT2D eigenvalue weighted by Crippen LogP contribution is -2.12. The van der Waals surface area contributed by atoms with Gasteiger partial charge in [-0.3, -0.25) is 0 Å². The fourth-order valence-electron chi connectivity index (χ4n) is 3.37. The molecule has 0 spiro atoms. The fourth-order valence-corrected chi connectivity index (χ4v) is 3.37. The minimum absolute atomic E-state index is 0.334. The Morgan fingerprint density at radius 1 is 0.792 bits per heavy atom. The number of nitrogens with zero attached hydrogens (tertiary/aromatic N) is 1. The molecule has 0 fully saturated rings. The van der Waals surface area contributed by atoms with E-state index in [-0.39, 0.29) is 0 Å². The molecule has 4 aromatic rings. The molecule has 1 aromatic heterocycles. The van der Waals surface area contributed by atoms with Crippen LogP contribution in [0, 0.1) is 0 Å². The van der Waals surface area contributed by atoms with Gasteiger partial charge in [-0.1, -0.05) is 42.5 Å². The molecule has 0 aliphatic rings. The van der Waals surface area contributed by atoms with Gasteiger partial charge in [0.25, 0.3) is 0 Å². The van der Waals surface area contributed by atoms with Crippen LogP contribution in [0.25, 0.3) is 27.5 Å². The number of rotatable bonds is 3. The van der Waals surface area contributed by atoms with E-state index in [9.17, 15) is 0 Å². The van der Waals surface area contributed by atoms with E-state index in [4.69, 9.17) is 5.73 Å². The van der Waals surface area contributed by atoms with Gasteiger partial charge in [0.1, 0.15) is 0 Å². The maximum Gasteiger partial charge on any atom is 0.0794 e. The van der Waals surface area contributed by atoms with Gasteiger partial charge in [-0.15, -0.1) is 0 Å². The Bertz CT molecular complexity index is 975. The lowest BCUT2D eigenvalue weighted by atomic mass is 10.2. The van der Waals surface area contributed by atoms with Gasteiger partial charge in [0.2, 0.25) is 0 Å². The highest BCUT2D eigenvalue weighted by molar-refractivity contribution is 6.09. The third kappa shape index (κ3) is 2.21. The molecule has 0 aliphatic heterocycles. The number of aromatic nitrogens is 1. The summed E-state index contributed by atoms with van der Waals surface area (Å²) in [5.41, 5.74) is 11.6. The Morgan fingerprint density at radius 3 is 1.96 bits per heavy atom. The summed E-state index contributed by atoms with van der Waals surface area (Å²) in [6.07, 6.45) is 0. The Kier molecular flexibility index (Phi) is 3.42. The van der Waals surface area contributed by atoms with E-state index in [1.165, 1.54) is 21.8 Å². The van der Waals surface area contributed by atoms with Gasteiger partial charge in [-0.2, -0.15) is 0 Å². The molecule has 0 aliphatic carbocycles. The number of nitrogens with one attached hydrogen (secondary N) is 1. The van der Waals surface area contributed by atoms with Crippen LogP contribution in [0.5, 0.6) is 0 Å². The fraction of sp³-hybridized carbons (Fsp3) is 0.143. The van der Waals surface area contributed by atoms with E-state index in [0.717, 1.165) is 17.1 Å². The maximum absolute atomic E-state index is 6.52. The number of hydrogen-bond donors (Lipinski definition) is 2. The largest absolute Gasteiger partial charge is 0.395 e. The van der Waals surface area contributed by atoms with Crippen molar-refractivity contribution in [1.82, 2.24) is 4.57 Å². The van der Waals surface area contributed by atoms with E-state index in [0.29, 0.717) is 6.04 Å². The van der Waals surface area contributed by atoms with Crippen LogP contribution in [0.3, 0.4) is 0 Å². The molecular weight excluding hydrogens is 294 g/mol. The quantitative estimate of drug-likeness (QED) is 0.511. The number of benzene rings is 3. The van der Waals surface area contributed by atoms with Crippen molar-refractivity contribution in [3.8, 4) is 5.69 Å². The third-order valence-corrected chi connectivity index (χ3v) is 4.35. The second-order valence-electron chi connectivity index (χ2n) is 6.41. The van der Waals surface area contributed by atoms with E-state index in [1.54, 1.807) is 0 Å². The summed E-state index contributed by atoms with van der Waals surface area (Å²) < 4.78 is 2.26. The molecule has 0 atom stereocenters. The zero-order chi connectivity index (χ0) is 16.7. The molecular formula is C21H21N3. The summed E-state index contributed by atoms with van der Waals surface area (Å²) >= 11 is 0. The van der Waals surface area contributed by atoms with Crippen LogP contribution in [0.2, 0.25) is 0 Å². The van der Waals surface area contributed by atoms with Crippen molar-refractivity contribution in [3.63, 3.8) is 0 Å². The minimum atomic E-state index is 0.334. The lowest BCUT2D eigenvalue weighted by Gasteiger charge is -2.17. The second-order valence-corrected chi connectivity index (χ2v) is 6.41. The highest BCUT2D eigenvalue weighted by Crippen LogP contribution is 2.35. The van der Waals surface area contributed by atoms with E-state index >= 15 is 0 Å². The monoisotopic (exact) mass is 315 g/mol. The van der Waals surface area contributed by atoms with Gasteiger partial charge in [-0.25, -0.2) is 0 Å². The van der Waals surface area contributed by atoms with Crippen LogP contribution >= 0.6 is 0 Å². The van der Waals surface area contributed by atoms with Crippen LogP contribution in [-0.2, 0) is 0 Å². The SMILES string of the molecule is CC(C)Nc1cccc(-n2c3ccccc3c3ccccc32)c1N. The smallest absolute Gasteiger partial charge is 0.0794 e. The van der Waals surface area contributed by atoms with Crippen molar-refractivity contribution < 1.29 is 0 Å². The molecule has 120 valence electrons. The van der Waals surface area contributed by atoms with Crippen molar-refractivity contribution >= 4 is 33.2 Å². The molecule has 0 saturated carbocycles. The number of para-hydroxylation sites is 3. The number of hydrogen-bond acceptors (Lipinski definition) is 2. The molecule has 3 nitrogen and oxygen atoms in total. The summed E-state index contributed by atoms with van der Waals surface area (Å²) in [6, 6.07) is 23.5. The standard InChI is InChI=1S/C21H21N3/c1-14(2)23-17-10-7-13-20(21(17)22)24-18-11-5-3-8-15(18)16-9-4-6-12-19(16)24/h3-14,23H,22H2,1-2H3. The molecule has 0 saturated heterocycles. The molecule has 3 N–H and O–H groups in total. The Balaban J connectivity index is 2.06. The van der Waals surface area contributed by atoms with Crippen molar-refractivity contribution in [2.45, 2.75) is 19.9 Å². The number of nitrogen functional groups attached to an aromatic ring is 1. The topological polar surface area (TPSA) is 43.0 Å². The Hall–Kier alpha value is -2.94. The average Bonchev–Trinajstić information content (AvgIpc) is 2.91. The number of fused-ring (bicyclic) bond motifs is 3. The molecule has 0 radical (unpaired) electrons. The van der Waals surface area contributed by atoms with Crippen LogP contribution in [0.4, 0.5) is 11.4 Å². The Labute approximate surface area is 141 Å². The highest BCUT2D eigenvalue weighted by Gasteiger charge is 2.14. The summed E-state index contributed by atoms with van der Waals surface area (Å²) in [5, 5.41) is 5.92. The highest BCUT2D eigenvalue weighted by atomic mass is 15.0. The van der Waals surface area contributed by atoms with E-state index < -0.39 is 0 Å². The summed E-state index contributed by atoms with van der Waals surface area (Å²) in [6.45, 7) is 4.24. The molecule has 0 amide bonds. The maximum atomic E-state index is 6.52. The first-order valence-electron chi connectivity index (χ1n) is 8.30. The van der Waals surface area contributed by atoms with Crippen LogP contribution in [0.15, 0.2) is 66.7 Å². The molecule has 3 heteroatoms. The van der Waals surface area contributed by atoms with Gasteiger partial charge >= 0.3 is 0 Å². The Morgan fingerprint density at radius 2 is 1.38 bits per heavy atom. The van der Waals surface area contributed by atoms with Gasteiger partial charge in [-0.05, 0) is 38.1 Å². The molecule has 1 heterocycles. The summed E-state index contributed by atoms with van der Waals surface area (Å²) in [7, 11) is 0. The van der Waals surface area contributed by atoms with Gasteiger partial charge in [0, 0.05) is 16.8 Å². The van der Waals surface area contributed by atoms with Gasteiger partial charge < -0.3 is 15.6 Å². The second kappa shape index (κ2) is 5.60. The van der Waals surface area contributed by atoms with E-state index in [2.05, 4.69) is 84.4 Å². The molecule has 3 aromatic carbocycles. The normalized spacial score (nSPS) is 11.5. The number of anilines is 2. The molecule has 4 rings (SSSR count). The van der Waals surface area contributed by atoms with Crippen molar-refractivity contribution in [2.24, 2.45) is 0 Å². The van der Waals surface area contributed by atoms with Gasteiger partial charge in [0.05, 0.1) is 28.1 Å². The first-order chi connectivity index (χ1) is 11.7. The summed E-state index contributed by atoms with van der Waals surface area (Å²) in [5.74, 6) is 0. The van der Waals surface area contributed by atoms with Crippen molar-refractivity contribution in [1.29, 1.82) is 0 Å². The zero-order valence-corrected chi connectivity index (χ0v) is 14.0.